The number of para-hydroxylation sites is 1. The summed E-state index contributed by atoms with van der Waals surface area (Å²) in [5, 5.41) is 7.17. The molecule has 2 aliphatic heterocycles. The zero-order valence-corrected chi connectivity index (χ0v) is 17.1. The molecule has 1 amide bonds. The number of carbonyl (C=O) groups is 1. The molecule has 156 valence electrons. The van der Waals surface area contributed by atoms with Crippen molar-refractivity contribution in [1.82, 2.24) is 20.4 Å². The first-order valence-electron chi connectivity index (χ1n) is 10.7. The van der Waals surface area contributed by atoms with E-state index in [4.69, 9.17) is 9.26 Å². The van der Waals surface area contributed by atoms with Crippen LogP contribution < -0.4 is 10.1 Å². The molecule has 4 rings (SSSR count). The lowest BCUT2D eigenvalue weighted by atomic mass is 9.83. The van der Waals surface area contributed by atoms with Gasteiger partial charge < -0.3 is 19.5 Å². The fourth-order valence-electron chi connectivity index (χ4n) is 4.66. The molecular weight excluding hydrogens is 368 g/mol. The van der Waals surface area contributed by atoms with Gasteiger partial charge in [-0.05, 0) is 56.8 Å². The van der Waals surface area contributed by atoms with Gasteiger partial charge in [-0.1, -0.05) is 23.7 Å². The number of nitrogens with zero attached hydrogens (tertiary/aromatic N) is 3. The smallest absolute Gasteiger partial charge is 0.227 e. The van der Waals surface area contributed by atoms with E-state index in [1.54, 1.807) is 7.11 Å². The first-order chi connectivity index (χ1) is 14.2. The van der Waals surface area contributed by atoms with E-state index in [0.717, 1.165) is 12.1 Å². The zero-order chi connectivity index (χ0) is 20.1. The lowest BCUT2D eigenvalue weighted by Gasteiger charge is -2.44. The fraction of sp³-hybridized carbons (Fsp3) is 0.591. The molecule has 7 heteroatoms. The van der Waals surface area contributed by atoms with Crippen LogP contribution in [0.5, 0.6) is 5.75 Å². The van der Waals surface area contributed by atoms with Crippen LogP contribution in [0.4, 0.5) is 0 Å². The van der Waals surface area contributed by atoms with E-state index in [9.17, 15) is 4.79 Å². The summed E-state index contributed by atoms with van der Waals surface area (Å²) in [7, 11) is 1.61. The van der Waals surface area contributed by atoms with Crippen LogP contribution in [0.2, 0.25) is 0 Å². The Bertz CT molecular complexity index is 820. The van der Waals surface area contributed by atoms with Crippen LogP contribution in [-0.2, 0) is 11.2 Å². The maximum Gasteiger partial charge on any atom is 0.227 e. The van der Waals surface area contributed by atoms with E-state index >= 15 is 0 Å². The molecule has 1 aromatic carbocycles. The zero-order valence-electron chi connectivity index (χ0n) is 17.1. The standard InChI is InChI=1S/C22H30N4O3/c1-28-19-10-3-2-8-17(19)22-24-21(29-25-22)12-11-20(27)23-15-16-7-6-14-26-13-5-4-9-18(16)26/h2-3,8,10,16,18H,4-7,9,11-15H2,1H3,(H,23,27). The summed E-state index contributed by atoms with van der Waals surface area (Å²) in [4.78, 5) is 19.4. The highest BCUT2D eigenvalue weighted by atomic mass is 16.5. The number of aryl methyl sites for hydroxylation is 1. The van der Waals surface area contributed by atoms with Crippen molar-refractivity contribution in [3.8, 4) is 17.1 Å². The largest absolute Gasteiger partial charge is 0.496 e. The number of rotatable bonds is 7. The second-order valence-corrected chi connectivity index (χ2v) is 8.02. The molecule has 2 atom stereocenters. The molecule has 29 heavy (non-hydrogen) atoms. The first kappa shape index (κ1) is 19.9. The number of methoxy groups -OCH3 is 1. The minimum atomic E-state index is 0.0509. The molecule has 2 saturated heterocycles. The number of piperidine rings is 2. The van der Waals surface area contributed by atoms with Gasteiger partial charge in [-0.15, -0.1) is 0 Å². The molecule has 2 aromatic rings. The van der Waals surface area contributed by atoms with Gasteiger partial charge in [0.25, 0.3) is 0 Å². The van der Waals surface area contributed by atoms with E-state index in [2.05, 4.69) is 20.4 Å². The number of hydrogen-bond acceptors (Lipinski definition) is 6. The van der Waals surface area contributed by atoms with Crippen molar-refractivity contribution in [3.05, 3.63) is 30.2 Å². The molecule has 2 fully saturated rings. The van der Waals surface area contributed by atoms with Crippen molar-refractivity contribution in [3.63, 3.8) is 0 Å². The van der Waals surface area contributed by atoms with Gasteiger partial charge in [0.2, 0.25) is 17.6 Å². The molecule has 0 radical (unpaired) electrons. The third-order valence-corrected chi connectivity index (χ3v) is 6.17. The number of ether oxygens (including phenoxy) is 1. The molecular formula is C22H30N4O3. The fourth-order valence-corrected chi connectivity index (χ4v) is 4.66. The van der Waals surface area contributed by atoms with Gasteiger partial charge in [0, 0.05) is 25.4 Å². The summed E-state index contributed by atoms with van der Waals surface area (Å²) in [6.45, 7) is 3.22. The minimum Gasteiger partial charge on any atom is -0.496 e. The Morgan fingerprint density at radius 1 is 1.24 bits per heavy atom. The van der Waals surface area contributed by atoms with Crippen LogP contribution in [0.25, 0.3) is 11.4 Å². The predicted molar refractivity (Wildman–Crippen MR) is 110 cm³/mol. The van der Waals surface area contributed by atoms with Gasteiger partial charge in [-0.25, -0.2) is 0 Å². The monoisotopic (exact) mass is 398 g/mol. The van der Waals surface area contributed by atoms with Gasteiger partial charge in [-0.2, -0.15) is 4.98 Å². The number of hydrogen-bond donors (Lipinski definition) is 1. The number of carbonyl (C=O) groups excluding carboxylic acids is 1. The summed E-state index contributed by atoms with van der Waals surface area (Å²) in [6, 6.07) is 8.19. The quantitative estimate of drug-likeness (QED) is 0.772. The van der Waals surface area contributed by atoms with E-state index in [-0.39, 0.29) is 5.91 Å². The Labute approximate surface area is 171 Å². The summed E-state index contributed by atoms with van der Waals surface area (Å²) >= 11 is 0. The second-order valence-electron chi connectivity index (χ2n) is 8.02. The molecule has 2 aliphatic rings. The van der Waals surface area contributed by atoms with E-state index in [1.165, 1.54) is 45.2 Å². The number of benzene rings is 1. The van der Waals surface area contributed by atoms with E-state index < -0.39 is 0 Å². The van der Waals surface area contributed by atoms with Gasteiger partial charge in [0.1, 0.15) is 5.75 Å². The number of aromatic nitrogens is 2. The van der Waals surface area contributed by atoms with Gasteiger partial charge in [0.15, 0.2) is 0 Å². The van der Waals surface area contributed by atoms with Crippen molar-refractivity contribution in [2.45, 2.75) is 51.0 Å². The molecule has 0 saturated carbocycles. The maximum absolute atomic E-state index is 12.4. The van der Waals surface area contributed by atoms with Crippen LogP contribution in [0.1, 0.15) is 44.4 Å². The van der Waals surface area contributed by atoms with E-state index in [0.29, 0.717) is 42.3 Å². The first-order valence-corrected chi connectivity index (χ1v) is 10.7. The summed E-state index contributed by atoms with van der Waals surface area (Å²) in [5.41, 5.74) is 0.781. The van der Waals surface area contributed by atoms with Gasteiger partial charge >= 0.3 is 0 Å². The summed E-state index contributed by atoms with van der Waals surface area (Å²) in [6.07, 6.45) is 7.16. The van der Waals surface area contributed by atoms with Crippen LogP contribution in [0, 0.1) is 5.92 Å². The second kappa shape index (κ2) is 9.39. The van der Waals surface area contributed by atoms with E-state index in [1.807, 2.05) is 24.3 Å². The van der Waals surface area contributed by atoms with Crippen LogP contribution in [-0.4, -0.2) is 53.7 Å². The SMILES string of the molecule is COc1ccccc1-c1noc(CCC(=O)NCC2CCCN3CCCCC23)n1. The average molecular weight is 399 g/mol. The van der Waals surface area contributed by atoms with Crippen molar-refractivity contribution in [2.75, 3.05) is 26.7 Å². The Balaban J connectivity index is 1.26. The van der Waals surface area contributed by atoms with Gasteiger partial charge in [-0.3, -0.25) is 4.79 Å². The van der Waals surface area contributed by atoms with Crippen molar-refractivity contribution >= 4 is 5.91 Å². The lowest BCUT2D eigenvalue weighted by molar-refractivity contribution is -0.121. The topological polar surface area (TPSA) is 80.5 Å². The normalized spacial score (nSPS) is 22.1. The third-order valence-electron chi connectivity index (χ3n) is 6.17. The molecule has 2 unspecified atom stereocenters. The third kappa shape index (κ3) is 4.78. The molecule has 3 heterocycles. The average Bonchev–Trinajstić information content (AvgIpc) is 3.25. The van der Waals surface area contributed by atoms with Crippen molar-refractivity contribution in [1.29, 1.82) is 0 Å². The van der Waals surface area contributed by atoms with Crippen molar-refractivity contribution in [2.24, 2.45) is 5.92 Å². The highest BCUT2D eigenvalue weighted by Gasteiger charge is 2.32. The minimum absolute atomic E-state index is 0.0509. The predicted octanol–water partition coefficient (Wildman–Crippen LogP) is 3.06. The number of fused-ring (bicyclic) bond motifs is 1. The molecule has 0 spiro atoms. The van der Waals surface area contributed by atoms with Crippen LogP contribution >= 0.6 is 0 Å². The maximum atomic E-state index is 12.4. The Morgan fingerprint density at radius 3 is 3.00 bits per heavy atom. The molecule has 0 aliphatic carbocycles. The molecule has 0 bridgehead atoms. The summed E-state index contributed by atoms with van der Waals surface area (Å²) in [5.74, 6) is 2.28. The Kier molecular flexibility index (Phi) is 6.44. The highest BCUT2D eigenvalue weighted by molar-refractivity contribution is 5.76. The highest BCUT2D eigenvalue weighted by Crippen LogP contribution is 2.30. The molecule has 7 nitrogen and oxygen atoms in total. The van der Waals surface area contributed by atoms with Gasteiger partial charge in [0.05, 0.1) is 12.7 Å². The number of amides is 1. The van der Waals surface area contributed by atoms with Crippen LogP contribution in [0.3, 0.4) is 0 Å². The molecule has 1 N–H and O–H groups in total. The van der Waals surface area contributed by atoms with Crippen LogP contribution in [0.15, 0.2) is 28.8 Å². The lowest BCUT2D eigenvalue weighted by Crippen LogP contribution is -2.51. The van der Waals surface area contributed by atoms with Crippen molar-refractivity contribution < 1.29 is 14.1 Å². The summed E-state index contributed by atoms with van der Waals surface area (Å²) < 4.78 is 10.7. The Hall–Kier alpha value is -2.41. The Morgan fingerprint density at radius 2 is 2.10 bits per heavy atom. The molecule has 1 aromatic heterocycles. The number of nitrogens with one attached hydrogen (secondary N) is 1.